The highest BCUT2D eigenvalue weighted by atomic mass is 32.2. The van der Waals surface area contributed by atoms with Crippen LogP contribution in [0.3, 0.4) is 0 Å². The van der Waals surface area contributed by atoms with E-state index in [0.29, 0.717) is 43.3 Å². The number of aromatic amines is 1. The van der Waals surface area contributed by atoms with Gasteiger partial charge in [0.2, 0.25) is 5.09 Å². The SMILES string of the molecule is O=c1[nH]c(C2CCCCC2)nc2c1CN(Cc1ccc(S(=O)(=O)[O-])o1)CC2. The zero-order chi connectivity index (χ0) is 19.0. The number of hydrogen-bond acceptors (Lipinski definition) is 7. The van der Waals surface area contributed by atoms with E-state index >= 15 is 0 Å². The van der Waals surface area contributed by atoms with E-state index in [0.717, 1.165) is 24.4 Å². The number of nitrogens with one attached hydrogen (secondary N) is 1. The van der Waals surface area contributed by atoms with Gasteiger partial charge in [-0.25, -0.2) is 13.4 Å². The van der Waals surface area contributed by atoms with Crippen molar-refractivity contribution >= 4 is 10.1 Å². The van der Waals surface area contributed by atoms with Crippen molar-refractivity contribution in [2.45, 2.75) is 62.6 Å². The summed E-state index contributed by atoms with van der Waals surface area (Å²) in [6.07, 6.45) is 6.44. The van der Waals surface area contributed by atoms with Crippen LogP contribution in [0.2, 0.25) is 0 Å². The fourth-order valence-electron chi connectivity index (χ4n) is 4.00. The van der Waals surface area contributed by atoms with Gasteiger partial charge in [-0.3, -0.25) is 9.69 Å². The summed E-state index contributed by atoms with van der Waals surface area (Å²) >= 11 is 0. The second kappa shape index (κ2) is 7.21. The first kappa shape index (κ1) is 18.4. The van der Waals surface area contributed by atoms with Crippen LogP contribution in [-0.4, -0.2) is 34.4 Å². The number of aromatic nitrogens is 2. The molecule has 9 heteroatoms. The first-order chi connectivity index (χ1) is 12.9. The standard InChI is InChI=1S/C18H23N3O5S/c22-18-14-11-21(10-13-6-7-16(26-13)27(23,24)25)9-8-15(14)19-17(20-18)12-4-2-1-3-5-12/h6-7,12H,1-5,8-11H2,(H,19,20,22)(H,23,24,25)/p-1. The molecular weight excluding hydrogens is 370 g/mol. The molecule has 27 heavy (non-hydrogen) atoms. The maximum atomic E-state index is 12.6. The molecule has 1 fully saturated rings. The number of hydrogen-bond donors (Lipinski definition) is 1. The molecular formula is C18H22N3O5S-. The smallest absolute Gasteiger partial charge is 0.255 e. The Hall–Kier alpha value is -1.97. The van der Waals surface area contributed by atoms with Crippen LogP contribution < -0.4 is 5.56 Å². The van der Waals surface area contributed by atoms with Crippen molar-refractivity contribution in [3.05, 3.63) is 45.3 Å². The van der Waals surface area contributed by atoms with Crippen LogP contribution >= 0.6 is 0 Å². The lowest BCUT2D eigenvalue weighted by molar-refractivity contribution is 0.215. The molecule has 8 nitrogen and oxygen atoms in total. The molecule has 0 radical (unpaired) electrons. The Morgan fingerprint density at radius 2 is 2.04 bits per heavy atom. The summed E-state index contributed by atoms with van der Waals surface area (Å²) < 4.78 is 38.1. The van der Waals surface area contributed by atoms with E-state index in [-0.39, 0.29) is 5.56 Å². The van der Waals surface area contributed by atoms with Gasteiger partial charge in [0, 0.05) is 25.4 Å². The van der Waals surface area contributed by atoms with Crippen molar-refractivity contribution in [1.82, 2.24) is 14.9 Å². The van der Waals surface area contributed by atoms with Gasteiger partial charge >= 0.3 is 0 Å². The van der Waals surface area contributed by atoms with E-state index in [2.05, 4.69) is 4.98 Å². The highest BCUT2D eigenvalue weighted by molar-refractivity contribution is 7.85. The fraction of sp³-hybridized carbons (Fsp3) is 0.556. The number of fused-ring (bicyclic) bond motifs is 1. The van der Waals surface area contributed by atoms with Gasteiger partial charge in [0.25, 0.3) is 5.56 Å². The molecule has 1 saturated carbocycles. The topological polar surface area (TPSA) is 119 Å². The Labute approximate surface area is 157 Å². The van der Waals surface area contributed by atoms with Gasteiger partial charge in [-0.2, -0.15) is 0 Å². The zero-order valence-corrected chi connectivity index (χ0v) is 15.8. The fourth-order valence-corrected chi connectivity index (χ4v) is 4.45. The number of nitrogens with zero attached hydrogens (tertiary/aromatic N) is 2. The van der Waals surface area contributed by atoms with Gasteiger partial charge < -0.3 is 14.0 Å². The molecule has 1 aliphatic heterocycles. The molecule has 0 amide bonds. The molecule has 0 spiro atoms. The van der Waals surface area contributed by atoms with E-state index in [4.69, 9.17) is 9.40 Å². The van der Waals surface area contributed by atoms with Crippen molar-refractivity contribution in [2.75, 3.05) is 6.54 Å². The quantitative estimate of drug-likeness (QED) is 0.789. The average molecular weight is 392 g/mol. The summed E-state index contributed by atoms with van der Waals surface area (Å²) in [5.41, 5.74) is 1.43. The van der Waals surface area contributed by atoms with Gasteiger partial charge in [0.15, 0.2) is 10.1 Å². The molecule has 1 aliphatic carbocycles. The van der Waals surface area contributed by atoms with E-state index < -0.39 is 15.2 Å². The summed E-state index contributed by atoms with van der Waals surface area (Å²) in [7, 11) is -4.59. The predicted molar refractivity (Wildman–Crippen MR) is 95.2 cm³/mol. The van der Waals surface area contributed by atoms with Gasteiger partial charge in [-0.05, 0) is 25.0 Å². The molecule has 0 unspecified atom stereocenters. The highest BCUT2D eigenvalue weighted by Crippen LogP contribution is 2.31. The monoisotopic (exact) mass is 392 g/mol. The lowest BCUT2D eigenvalue weighted by Gasteiger charge is -2.28. The largest absolute Gasteiger partial charge is 0.742 e. The molecule has 2 aliphatic rings. The first-order valence-corrected chi connectivity index (χ1v) is 10.7. The van der Waals surface area contributed by atoms with Crippen molar-refractivity contribution in [3.8, 4) is 0 Å². The van der Waals surface area contributed by atoms with Gasteiger partial charge in [0.05, 0.1) is 17.8 Å². The highest BCUT2D eigenvalue weighted by Gasteiger charge is 2.25. The lowest BCUT2D eigenvalue weighted by Crippen LogP contribution is -2.36. The Morgan fingerprint density at radius 1 is 1.26 bits per heavy atom. The minimum Gasteiger partial charge on any atom is -0.742 e. The third-order valence-electron chi connectivity index (χ3n) is 5.42. The van der Waals surface area contributed by atoms with Crippen LogP contribution in [0.5, 0.6) is 0 Å². The normalized spacial score (nSPS) is 19.1. The number of furan rings is 1. The molecule has 2 aromatic heterocycles. The van der Waals surface area contributed by atoms with Gasteiger partial charge in [-0.1, -0.05) is 19.3 Å². The van der Waals surface area contributed by atoms with Crippen LogP contribution in [0, 0.1) is 0 Å². The van der Waals surface area contributed by atoms with Crippen LogP contribution in [-0.2, 0) is 29.6 Å². The molecule has 4 rings (SSSR count). The Kier molecular flexibility index (Phi) is 4.92. The van der Waals surface area contributed by atoms with Crippen molar-refractivity contribution < 1.29 is 17.4 Å². The average Bonchev–Trinajstić information content (AvgIpc) is 3.12. The van der Waals surface area contributed by atoms with Gasteiger partial charge in [-0.15, -0.1) is 0 Å². The second-order valence-electron chi connectivity index (χ2n) is 7.35. The molecule has 0 saturated heterocycles. The number of H-pyrrole nitrogens is 1. The minimum atomic E-state index is -4.59. The Morgan fingerprint density at radius 3 is 2.74 bits per heavy atom. The molecule has 0 bridgehead atoms. The zero-order valence-electron chi connectivity index (χ0n) is 14.9. The minimum absolute atomic E-state index is 0.0902. The molecule has 0 aromatic carbocycles. The molecule has 146 valence electrons. The summed E-state index contributed by atoms with van der Waals surface area (Å²) in [4.78, 5) is 22.3. The van der Waals surface area contributed by atoms with E-state index in [1.165, 1.54) is 31.4 Å². The van der Waals surface area contributed by atoms with Crippen molar-refractivity contribution in [2.24, 2.45) is 0 Å². The van der Waals surface area contributed by atoms with Crippen LogP contribution in [0.15, 0.2) is 26.4 Å². The summed E-state index contributed by atoms with van der Waals surface area (Å²) in [6, 6.07) is 2.65. The second-order valence-corrected chi connectivity index (χ2v) is 8.66. The summed E-state index contributed by atoms with van der Waals surface area (Å²) in [5.74, 6) is 1.56. The van der Waals surface area contributed by atoms with Crippen LogP contribution in [0.25, 0.3) is 0 Å². The maximum Gasteiger partial charge on any atom is 0.255 e. The van der Waals surface area contributed by atoms with Crippen molar-refractivity contribution in [1.29, 1.82) is 0 Å². The Bertz CT molecular complexity index is 989. The third-order valence-corrected chi connectivity index (χ3v) is 6.13. The lowest BCUT2D eigenvalue weighted by atomic mass is 9.88. The van der Waals surface area contributed by atoms with Crippen LogP contribution in [0.1, 0.15) is 60.9 Å². The molecule has 2 aromatic rings. The van der Waals surface area contributed by atoms with Gasteiger partial charge in [0.1, 0.15) is 11.6 Å². The van der Waals surface area contributed by atoms with E-state index in [9.17, 15) is 17.8 Å². The van der Waals surface area contributed by atoms with E-state index in [1.807, 2.05) is 4.90 Å². The molecule has 0 atom stereocenters. The van der Waals surface area contributed by atoms with Crippen molar-refractivity contribution in [3.63, 3.8) is 0 Å². The molecule has 1 N–H and O–H groups in total. The van der Waals surface area contributed by atoms with Crippen LogP contribution in [0.4, 0.5) is 0 Å². The summed E-state index contributed by atoms with van der Waals surface area (Å²) in [6.45, 7) is 1.44. The summed E-state index contributed by atoms with van der Waals surface area (Å²) in [5, 5.41) is -0.577. The third kappa shape index (κ3) is 3.99. The Balaban J connectivity index is 1.50. The maximum absolute atomic E-state index is 12.6. The van der Waals surface area contributed by atoms with E-state index in [1.54, 1.807) is 0 Å². The molecule has 3 heterocycles. The number of rotatable bonds is 4. The predicted octanol–water partition coefficient (Wildman–Crippen LogP) is 1.87. The first-order valence-electron chi connectivity index (χ1n) is 9.29.